The molecule has 2 aromatic carbocycles. The molecule has 0 aromatic heterocycles. The minimum absolute atomic E-state index is 0.299. The van der Waals surface area contributed by atoms with Crippen LogP contribution in [0.5, 0.6) is 11.5 Å². The Labute approximate surface area is 129 Å². The number of ether oxygens (including phenoxy) is 2. The molecule has 0 saturated carbocycles. The molecule has 0 aliphatic heterocycles. The monoisotopic (exact) mass is 301 g/mol. The van der Waals surface area contributed by atoms with E-state index >= 15 is 0 Å². The Hall–Kier alpha value is -2.69. The largest absolute Gasteiger partial charge is 0.497 e. The summed E-state index contributed by atoms with van der Waals surface area (Å²) in [5.74, 6) is 0.502. The van der Waals surface area contributed by atoms with Crippen LogP contribution in [0.4, 0.5) is 5.69 Å². The van der Waals surface area contributed by atoms with E-state index in [2.05, 4.69) is 5.32 Å². The van der Waals surface area contributed by atoms with Crippen molar-refractivity contribution in [3.05, 3.63) is 53.1 Å². The summed E-state index contributed by atoms with van der Waals surface area (Å²) in [6, 6.07) is 10.9. The topological polar surface area (TPSA) is 67.8 Å². The molecule has 2 N–H and O–H groups in total. The summed E-state index contributed by atoms with van der Waals surface area (Å²) in [6.45, 7) is 2.32. The number of carbonyl (C=O) groups is 1. The smallest absolute Gasteiger partial charge is 0.336 e. The van der Waals surface area contributed by atoms with Gasteiger partial charge < -0.3 is 19.9 Å². The van der Waals surface area contributed by atoms with E-state index in [0.29, 0.717) is 23.6 Å². The molecule has 5 nitrogen and oxygen atoms in total. The molecule has 0 fully saturated rings. The fraction of sp³-hybridized carbons (Fsp3) is 0.235. The summed E-state index contributed by atoms with van der Waals surface area (Å²) < 4.78 is 10.5. The average molecular weight is 301 g/mol. The number of aryl methyl sites for hydroxylation is 1. The second kappa shape index (κ2) is 6.85. The van der Waals surface area contributed by atoms with Gasteiger partial charge in [-0.2, -0.15) is 0 Å². The van der Waals surface area contributed by atoms with Crippen molar-refractivity contribution in [1.29, 1.82) is 0 Å². The number of aromatic carboxylic acids is 1. The summed E-state index contributed by atoms with van der Waals surface area (Å²) in [6.07, 6.45) is 0. The van der Waals surface area contributed by atoms with Crippen LogP contribution < -0.4 is 14.8 Å². The van der Waals surface area contributed by atoms with Gasteiger partial charge in [0.15, 0.2) is 0 Å². The lowest BCUT2D eigenvalue weighted by atomic mass is 10.1. The normalized spacial score (nSPS) is 10.1. The molecule has 0 saturated heterocycles. The number of anilines is 1. The Kier molecular flexibility index (Phi) is 4.88. The minimum Gasteiger partial charge on any atom is -0.497 e. The lowest BCUT2D eigenvalue weighted by molar-refractivity contribution is 0.0696. The summed E-state index contributed by atoms with van der Waals surface area (Å²) in [4.78, 5) is 11.2. The van der Waals surface area contributed by atoms with Gasteiger partial charge in [-0.25, -0.2) is 4.79 Å². The zero-order valence-corrected chi connectivity index (χ0v) is 12.8. The predicted molar refractivity (Wildman–Crippen MR) is 85.0 cm³/mol. The number of benzene rings is 2. The lowest BCUT2D eigenvalue weighted by Gasteiger charge is -2.11. The number of nitrogens with one attached hydrogen (secondary N) is 1. The SMILES string of the molecule is COc1cc(CNc2ccc(C)c(C(=O)O)c2)cc(OC)c1. The third kappa shape index (κ3) is 3.69. The first kappa shape index (κ1) is 15.7. The van der Waals surface area contributed by atoms with Crippen LogP contribution in [-0.2, 0) is 6.54 Å². The van der Waals surface area contributed by atoms with Crippen LogP contribution in [0, 0.1) is 6.92 Å². The van der Waals surface area contributed by atoms with Crippen molar-refractivity contribution in [3.63, 3.8) is 0 Å². The first-order valence-corrected chi connectivity index (χ1v) is 6.83. The van der Waals surface area contributed by atoms with Crippen molar-refractivity contribution in [3.8, 4) is 11.5 Å². The Morgan fingerprint density at radius 1 is 1.09 bits per heavy atom. The summed E-state index contributed by atoms with van der Waals surface area (Å²) >= 11 is 0. The van der Waals surface area contributed by atoms with Crippen LogP contribution in [-0.4, -0.2) is 25.3 Å². The molecule has 5 heteroatoms. The van der Waals surface area contributed by atoms with Crippen molar-refractivity contribution in [2.24, 2.45) is 0 Å². The van der Waals surface area contributed by atoms with E-state index in [0.717, 1.165) is 16.8 Å². The standard InChI is InChI=1S/C17H19NO4/c1-11-4-5-13(8-16(11)17(19)20)18-10-12-6-14(21-2)9-15(7-12)22-3/h4-9,18H,10H2,1-3H3,(H,19,20). The van der Waals surface area contributed by atoms with Crippen molar-refractivity contribution in [2.45, 2.75) is 13.5 Å². The minimum atomic E-state index is -0.927. The molecule has 0 aliphatic carbocycles. The van der Waals surface area contributed by atoms with Crippen LogP contribution in [0.25, 0.3) is 0 Å². The Morgan fingerprint density at radius 2 is 1.73 bits per heavy atom. The van der Waals surface area contributed by atoms with Crippen molar-refractivity contribution < 1.29 is 19.4 Å². The molecule has 116 valence electrons. The van der Waals surface area contributed by atoms with Crippen LogP contribution in [0.1, 0.15) is 21.5 Å². The van der Waals surface area contributed by atoms with Gasteiger partial charge in [0.2, 0.25) is 0 Å². The highest BCUT2D eigenvalue weighted by Crippen LogP contribution is 2.23. The van der Waals surface area contributed by atoms with Gasteiger partial charge in [0, 0.05) is 18.3 Å². The molecule has 0 atom stereocenters. The van der Waals surface area contributed by atoms with Crippen molar-refractivity contribution in [2.75, 3.05) is 19.5 Å². The van der Waals surface area contributed by atoms with Gasteiger partial charge in [-0.3, -0.25) is 0 Å². The zero-order chi connectivity index (χ0) is 16.1. The summed E-state index contributed by atoms with van der Waals surface area (Å²) in [7, 11) is 3.20. The van der Waals surface area contributed by atoms with Gasteiger partial charge in [-0.1, -0.05) is 6.07 Å². The highest BCUT2D eigenvalue weighted by molar-refractivity contribution is 5.90. The van der Waals surface area contributed by atoms with E-state index < -0.39 is 5.97 Å². The van der Waals surface area contributed by atoms with Crippen LogP contribution >= 0.6 is 0 Å². The third-order valence-electron chi connectivity index (χ3n) is 3.38. The highest BCUT2D eigenvalue weighted by atomic mass is 16.5. The van der Waals surface area contributed by atoms with Gasteiger partial charge in [0.25, 0.3) is 0 Å². The molecule has 0 bridgehead atoms. The van der Waals surface area contributed by atoms with Crippen LogP contribution in [0.15, 0.2) is 36.4 Å². The van der Waals surface area contributed by atoms with E-state index in [9.17, 15) is 4.79 Å². The Balaban J connectivity index is 2.16. The number of hydrogen-bond acceptors (Lipinski definition) is 4. The molecule has 2 rings (SSSR count). The van der Waals surface area contributed by atoms with Crippen molar-refractivity contribution >= 4 is 11.7 Å². The number of carboxylic acid groups (broad SMARTS) is 1. The molecule has 0 unspecified atom stereocenters. The maximum atomic E-state index is 11.2. The van der Waals surface area contributed by atoms with E-state index in [-0.39, 0.29) is 0 Å². The molecule has 0 heterocycles. The van der Waals surface area contributed by atoms with E-state index in [1.807, 2.05) is 18.2 Å². The zero-order valence-electron chi connectivity index (χ0n) is 12.8. The van der Waals surface area contributed by atoms with Gasteiger partial charge in [0.05, 0.1) is 19.8 Å². The predicted octanol–water partition coefficient (Wildman–Crippen LogP) is 3.32. The lowest BCUT2D eigenvalue weighted by Crippen LogP contribution is -2.04. The van der Waals surface area contributed by atoms with E-state index in [4.69, 9.17) is 14.6 Å². The maximum absolute atomic E-state index is 11.2. The summed E-state index contributed by atoms with van der Waals surface area (Å²) in [5.41, 5.74) is 2.77. The third-order valence-corrected chi connectivity index (χ3v) is 3.38. The quantitative estimate of drug-likeness (QED) is 0.856. The maximum Gasteiger partial charge on any atom is 0.336 e. The first-order valence-electron chi connectivity index (χ1n) is 6.83. The van der Waals surface area contributed by atoms with Gasteiger partial charge in [-0.05, 0) is 42.3 Å². The number of hydrogen-bond donors (Lipinski definition) is 2. The van der Waals surface area contributed by atoms with Gasteiger partial charge in [0.1, 0.15) is 11.5 Å². The number of rotatable bonds is 6. The Bertz CT molecular complexity index is 660. The van der Waals surface area contributed by atoms with Crippen LogP contribution in [0.2, 0.25) is 0 Å². The Morgan fingerprint density at radius 3 is 2.27 bits per heavy atom. The molecule has 0 radical (unpaired) electrons. The van der Waals surface area contributed by atoms with Crippen molar-refractivity contribution in [1.82, 2.24) is 0 Å². The van der Waals surface area contributed by atoms with Gasteiger partial charge in [-0.15, -0.1) is 0 Å². The average Bonchev–Trinajstić information content (AvgIpc) is 2.53. The summed E-state index contributed by atoms with van der Waals surface area (Å²) in [5, 5.41) is 12.4. The molecular weight excluding hydrogens is 282 g/mol. The van der Waals surface area contributed by atoms with Gasteiger partial charge >= 0.3 is 5.97 Å². The van der Waals surface area contributed by atoms with E-state index in [1.165, 1.54) is 0 Å². The molecule has 0 spiro atoms. The molecule has 2 aromatic rings. The molecule has 0 amide bonds. The highest BCUT2D eigenvalue weighted by Gasteiger charge is 2.08. The van der Waals surface area contributed by atoms with Crippen LogP contribution in [0.3, 0.4) is 0 Å². The number of carboxylic acids is 1. The fourth-order valence-corrected chi connectivity index (χ4v) is 2.13. The second-order valence-electron chi connectivity index (χ2n) is 4.91. The molecule has 22 heavy (non-hydrogen) atoms. The van der Waals surface area contributed by atoms with E-state index in [1.54, 1.807) is 39.3 Å². The fourth-order valence-electron chi connectivity index (χ4n) is 2.13. The second-order valence-corrected chi connectivity index (χ2v) is 4.91. The molecular formula is C17H19NO4. The first-order chi connectivity index (χ1) is 10.5. The molecule has 0 aliphatic rings. The number of methoxy groups -OCH3 is 2.